The van der Waals surface area contributed by atoms with Crippen LogP contribution in [0.3, 0.4) is 0 Å². The Bertz CT molecular complexity index is 543. The van der Waals surface area contributed by atoms with Crippen LogP contribution in [-0.4, -0.2) is 19.5 Å². The molecule has 2 heterocycles. The van der Waals surface area contributed by atoms with E-state index in [-0.39, 0.29) is 0 Å². The van der Waals surface area contributed by atoms with E-state index in [0.29, 0.717) is 5.69 Å². The zero-order valence-corrected chi connectivity index (χ0v) is 7.04. The molecule has 14 heavy (non-hydrogen) atoms. The summed E-state index contributed by atoms with van der Waals surface area (Å²) in [7, 11) is 0. The fourth-order valence-electron chi connectivity index (χ4n) is 1.04. The van der Waals surface area contributed by atoms with Crippen molar-refractivity contribution in [3.8, 4) is 5.69 Å². The van der Waals surface area contributed by atoms with E-state index in [1.54, 1.807) is 0 Å². The summed E-state index contributed by atoms with van der Waals surface area (Å²) >= 11 is 0. The van der Waals surface area contributed by atoms with E-state index in [1.807, 2.05) is 0 Å². The van der Waals surface area contributed by atoms with E-state index < -0.39 is 11.2 Å². The first kappa shape index (κ1) is 8.36. The van der Waals surface area contributed by atoms with Crippen molar-refractivity contribution >= 4 is 0 Å². The average molecular weight is 190 g/mol. The predicted octanol–water partition coefficient (Wildman–Crippen LogP) is -0.684. The number of aromatic amines is 1. The molecule has 0 bridgehead atoms. The lowest BCUT2D eigenvalue weighted by atomic mass is 10.5. The SMILES string of the molecule is O=c1ccn(-c2cncnc2)c(=O)[nH]1. The molecule has 0 spiro atoms. The van der Waals surface area contributed by atoms with Gasteiger partial charge in [0.1, 0.15) is 6.33 Å². The van der Waals surface area contributed by atoms with Crippen molar-refractivity contribution in [3.63, 3.8) is 0 Å². The van der Waals surface area contributed by atoms with Crippen molar-refractivity contribution in [2.45, 2.75) is 0 Å². The summed E-state index contributed by atoms with van der Waals surface area (Å²) < 4.78 is 1.25. The summed E-state index contributed by atoms with van der Waals surface area (Å²) in [5.74, 6) is 0. The number of aromatic nitrogens is 4. The molecule has 2 aromatic heterocycles. The Balaban J connectivity index is 2.64. The van der Waals surface area contributed by atoms with Gasteiger partial charge in [0.2, 0.25) is 0 Å². The highest BCUT2D eigenvalue weighted by Crippen LogP contribution is 1.96. The van der Waals surface area contributed by atoms with Gasteiger partial charge in [0.05, 0.1) is 18.1 Å². The summed E-state index contributed by atoms with van der Waals surface area (Å²) in [5.41, 5.74) is -0.427. The van der Waals surface area contributed by atoms with Crippen molar-refractivity contribution in [2.75, 3.05) is 0 Å². The Morgan fingerprint density at radius 2 is 1.93 bits per heavy atom. The Kier molecular flexibility index (Phi) is 1.94. The van der Waals surface area contributed by atoms with Crippen LogP contribution in [0.1, 0.15) is 0 Å². The molecule has 0 fully saturated rings. The monoisotopic (exact) mass is 190 g/mol. The standard InChI is InChI=1S/C8H6N4O2/c13-7-1-2-12(8(14)11-7)6-3-9-5-10-4-6/h1-5H,(H,11,13,14). The lowest BCUT2D eigenvalue weighted by Crippen LogP contribution is -2.27. The minimum absolute atomic E-state index is 0.428. The number of nitrogens with one attached hydrogen (secondary N) is 1. The van der Waals surface area contributed by atoms with E-state index in [2.05, 4.69) is 15.0 Å². The first-order valence-corrected chi connectivity index (χ1v) is 3.85. The van der Waals surface area contributed by atoms with Crippen molar-refractivity contribution in [1.29, 1.82) is 0 Å². The Morgan fingerprint density at radius 1 is 1.21 bits per heavy atom. The Labute approximate surface area is 77.9 Å². The molecule has 0 aliphatic carbocycles. The van der Waals surface area contributed by atoms with Gasteiger partial charge in [-0.05, 0) is 0 Å². The number of rotatable bonds is 1. The quantitative estimate of drug-likeness (QED) is 0.645. The normalized spacial score (nSPS) is 10.0. The van der Waals surface area contributed by atoms with E-state index >= 15 is 0 Å². The number of hydrogen-bond donors (Lipinski definition) is 1. The van der Waals surface area contributed by atoms with Crippen LogP contribution >= 0.6 is 0 Å². The molecule has 1 N–H and O–H groups in total. The zero-order chi connectivity index (χ0) is 9.97. The minimum Gasteiger partial charge on any atom is -0.274 e. The number of nitrogens with zero attached hydrogens (tertiary/aromatic N) is 3. The molecule has 2 rings (SSSR count). The van der Waals surface area contributed by atoms with Gasteiger partial charge < -0.3 is 0 Å². The molecule has 0 radical (unpaired) electrons. The van der Waals surface area contributed by atoms with E-state index in [0.717, 1.165) is 0 Å². The molecule has 70 valence electrons. The fraction of sp³-hybridized carbons (Fsp3) is 0. The molecule has 0 amide bonds. The maximum absolute atomic E-state index is 11.3. The van der Waals surface area contributed by atoms with Crippen LogP contribution in [0.4, 0.5) is 0 Å². The molecule has 0 aliphatic rings. The highest BCUT2D eigenvalue weighted by molar-refractivity contribution is 5.23. The molecule has 0 aromatic carbocycles. The van der Waals surface area contributed by atoms with Gasteiger partial charge >= 0.3 is 5.69 Å². The molecular formula is C8H6N4O2. The molecule has 6 heteroatoms. The third-order valence-corrected chi connectivity index (χ3v) is 1.65. The lowest BCUT2D eigenvalue weighted by Gasteiger charge is -2.01. The predicted molar refractivity (Wildman–Crippen MR) is 48.2 cm³/mol. The minimum atomic E-state index is -0.507. The largest absolute Gasteiger partial charge is 0.333 e. The lowest BCUT2D eigenvalue weighted by molar-refractivity contribution is 0.881. The molecular weight excluding hydrogens is 184 g/mol. The van der Waals surface area contributed by atoms with E-state index in [4.69, 9.17) is 0 Å². The van der Waals surface area contributed by atoms with Gasteiger partial charge in [-0.3, -0.25) is 14.3 Å². The van der Waals surface area contributed by atoms with Crippen molar-refractivity contribution in [3.05, 3.63) is 51.8 Å². The van der Waals surface area contributed by atoms with Crippen LogP contribution in [0.5, 0.6) is 0 Å². The van der Waals surface area contributed by atoms with Crippen LogP contribution in [0, 0.1) is 0 Å². The molecule has 2 aromatic rings. The van der Waals surface area contributed by atoms with Gasteiger partial charge in [-0.15, -0.1) is 0 Å². The smallest absolute Gasteiger partial charge is 0.274 e. The molecule has 6 nitrogen and oxygen atoms in total. The maximum Gasteiger partial charge on any atom is 0.333 e. The summed E-state index contributed by atoms with van der Waals surface area (Å²) in [6, 6.07) is 1.26. The highest BCUT2D eigenvalue weighted by atomic mass is 16.2. The maximum atomic E-state index is 11.3. The number of hydrogen-bond acceptors (Lipinski definition) is 4. The first-order chi connectivity index (χ1) is 6.77. The Hall–Kier alpha value is -2.24. The second-order valence-electron chi connectivity index (χ2n) is 2.58. The second-order valence-corrected chi connectivity index (χ2v) is 2.58. The molecule has 0 saturated heterocycles. The molecule has 0 unspecified atom stereocenters. The summed E-state index contributed by atoms with van der Waals surface area (Å²) in [6.07, 6.45) is 5.69. The number of H-pyrrole nitrogens is 1. The van der Waals surface area contributed by atoms with Gasteiger partial charge in [-0.2, -0.15) is 0 Å². The van der Waals surface area contributed by atoms with Crippen LogP contribution in [0.25, 0.3) is 5.69 Å². The third kappa shape index (κ3) is 1.45. The molecule has 0 saturated carbocycles. The second kappa shape index (κ2) is 3.25. The zero-order valence-electron chi connectivity index (χ0n) is 7.04. The van der Waals surface area contributed by atoms with Crippen molar-refractivity contribution in [2.24, 2.45) is 0 Å². The topological polar surface area (TPSA) is 80.6 Å². The third-order valence-electron chi connectivity index (χ3n) is 1.65. The molecule has 0 atom stereocenters. The van der Waals surface area contributed by atoms with Crippen LogP contribution < -0.4 is 11.2 Å². The van der Waals surface area contributed by atoms with Crippen molar-refractivity contribution < 1.29 is 0 Å². The average Bonchev–Trinajstić information content (AvgIpc) is 2.19. The fourth-order valence-corrected chi connectivity index (χ4v) is 1.04. The van der Waals surface area contributed by atoms with Crippen LogP contribution in [0.2, 0.25) is 0 Å². The highest BCUT2D eigenvalue weighted by Gasteiger charge is 1.98. The summed E-state index contributed by atoms with van der Waals surface area (Å²) in [6.45, 7) is 0. The summed E-state index contributed by atoms with van der Waals surface area (Å²) in [4.78, 5) is 31.7. The van der Waals surface area contributed by atoms with Crippen LogP contribution in [-0.2, 0) is 0 Å². The van der Waals surface area contributed by atoms with E-state index in [1.165, 1.54) is 35.6 Å². The van der Waals surface area contributed by atoms with Gasteiger partial charge in [0.15, 0.2) is 0 Å². The van der Waals surface area contributed by atoms with Crippen molar-refractivity contribution in [1.82, 2.24) is 19.5 Å². The van der Waals surface area contributed by atoms with Gasteiger partial charge in [-0.25, -0.2) is 14.8 Å². The first-order valence-electron chi connectivity index (χ1n) is 3.85. The Morgan fingerprint density at radius 3 is 2.57 bits per heavy atom. The van der Waals surface area contributed by atoms with Gasteiger partial charge in [0, 0.05) is 12.3 Å². The molecule has 0 aliphatic heterocycles. The van der Waals surface area contributed by atoms with E-state index in [9.17, 15) is 9.59 Å². The van der Waals surface area contributed by atoms with Gasteiger partial charge in [-0.1, -0.05) is 0 Å². The van der Waals surface area contributed by atoms with Crippen LogP contribution in [0.15, 0.2) is 40.6 Å². The summed E-state index contributed by atoms with van der Waals surface area (Å²) in [5, 5.41) is 0. The van der Waals surface area contributed by atoms with Gasteiger partial charge in [0.25, 0.3) is 5.56 Å².